The SMILES string of the molecule is CC(O)(CNC(=O)C1CCCCC1)c1ccsc1. The zero-order chi connectivity index (χ0) is 13.0. The molecule has 1 heterocycles. The monoisotopic (exact) mass is 267 g/mol. The average Bonchev–Trinajstić information content (AvgIpc) is 2.92. The Bertz CT molecular complexity index is 381. The molecular formula is C14H21NO2S. The summed E-state index contributed by atoms with van der Waals surface area (Å²) in [6, 6.07) is 1.90. The van der Waals surface area contributed by atoms with E-state index in [9.17, 15) is 9.90 Å². The van der Waals surface area contributed by atoms with Gasteiger partial charge in [-0.05, 0) is 42.2 Å². The molecule has 1 fully saturated rings. The summed E-state index contributed by atoms with van der Waals surface area (Å²) >= 11 is 1.56. The van der Waals surface area contributed by atoms with Crippen molar-refractivity contribution < 1.29 is 9.90 Å². The maximum atomic E-state index is 12.0. The summed E-state index contributed by atoms with van der Waals surface area (Å²) in [7, 11) is 0. The number of rotatable bonds is 4. The molecule has 1 atom stereocenters. The van der Waals surface area contributed by atoms with Crippen LogP contribution < -0.4 is 5.32 Å². The Hall–Kier alpha value is -0.870. The number of aliphatic hydroxyl groups is 1. The van der Waals surface area contributed by atoms with E-state index in [1.54, 1.807) is 18.3 Å². The molecule has 0 aromatic carbocycles. The molecule has 1 saturated carbocycles. The number of thiophene rings is 1. The summed E-state index contributed by atoms with van der Waals surface area (Å²) in [4.78, 5) is 12.0. The van der Waals surface area contributed by atoms with E-state index in [4.69, 9.17) is 0 Å². The van der Waals surface area contributed by atoms with Crippen LogP contribution >= 0.6 is 11.3 Å². The molecule has 2 N–H and O–H groups in total. The Morgan fingerprint density at radius 2 is 2.22 bits per heavy atom. The van der Waals surface area contributed by atoms with Crippen molar-refractivity contribution in [1.29, 1.82) is 0 Å². The van der Waals surface area contributed by atoms with Gasteiger partial charge in [0.05, 0.1) is 6.54 Å². The summed E-state index contributed by atoms with van der Waals surface area (Å²) in [6.45, 7) is 2.04. The molecule has 3 nitrogen and oxygen atoms in total. The first-order chi connectivity index (χ1) is 8.59. The molecular weight excluding hydrogens is 246 g/mol. The zero-order valence-electron chi connectivity index (χ0n) is 10.8. The van der Waals surface area contributed by atoms with E-state index in [0.29, 0.717) is 6.54 Å². The summed E-state index contributed by atoms with van der Waals surface area (Å²) in [5.41, 5.74) is -0.0962. The number of amides is 1. The van der Waals surface area contributed by atoms with Gasteiger partial charge in [-0.25, -0.2) is 0 Å². The fourth-order valence-electron chi connectivity index (χ4n) is 2.44. The highest BCUT2D eigenvalue weighted by molar-refractivity contribution is 7.08. The smallest absolute Gasteiger partial charge is 0.223 e. The van der Waals surface area contributed by atoms with Crippen LogP contribution in [0.25, 0.3) is 0 Å². The molecule has 100 valence electrons. The molecule has 1 aromatic rings. The van der Waals surface area contributed by atoms with Gasteiger partial charge >= 0.3 is 0 Å². The van der Waals surface area contributed by atoms with Crippen molar-refractivity contribution in [2.45, 2.75) is 44.6 Å². The molecule has 0 saturated heterocycles. The third-order valence-electron chi connectivity index (χ3n) is 3.73. The van der Waals surface area contributed by atoms with Gasteiger partial charge in [0.15, 0.2) is 0 Å². The Kier molecular flexibility index (Phi) is 4.40. The molecule has 1 amide bonds. The minimum absolute atomic E-state index is 0.102. The second kappa shape index (κ2) is 5.85. The van der Waals surface area contributed by atoms with Gasteiger partial charge in [0.25, 0.3) is 0 Å². The molecule has 0 bridgehead atoms. The molecule has 0 aliphatic heterocycles. The van der Waals surface area contributed by atoms with Gasteiger partial charge in [-0.2, -0.15) is 11.3 Å². The number of carbonyl (C=O) groups excluding carboxylic acids is 1. The second-order valence-corrected chi connectivity index (χ2v) is 6.12. The van der Waals surface area contributed by atoms with E-state index in [1.165, 1.54) is 6.42 Å². The van der Waals surface area contributed by atoms with Crippen molar-refractivity contribution >= 4 is 17.2 Å². The van der Waals surface area contributed by atoms with E-state index in [-0.39, 0.29) is 11.8 Å². The Morgan fingerprint density at radius 1 is 1.50 bits per heavy atom. The zero-order valence-corrected chi connectivity index (χ0v) is 11.6. The summed E-state index contributed by atoms with van der Waals surface area (Å²) in [5.74, 6) is 0.252. The van der Waals surface area contributed by atoms with E-state index in [0.717, 1.165) is 31.2 Å². The Morgan fingerprint density at radius 3 is 2.83 bits per heavy atom. The normalized spacial score (nSPS) is 20.3. The highest BCUT2D eigenvalue weighted by Gasteiger charge is 2.27. The third-order valence-corrected chi connectivity index (χ3v) is 4.41. The first kappa shape index (κ1) is 13.6. The standard InChI is InChI=1S/C14H21NO2S/c1-14(17,12-7-8-18-9-12)10-15-13(16)11-5-3-2-4-6-11/h7-9,11,17H,2-6,10H2,1H3,(H,15,16). The molecule has 4 heteroatoms. The number of hydrogen-bond donors (Lipinski definition) is 2. The first-order valence-electron chi connectivity index (χ1n) is 6.62. The highest BCUT2D eigenvalue weighted by Crippen LogP contribution is 2.25. The predicted octanol–water partition coefficient (Wildman–Crippen LogP) is 2.65. The van der Waals surface area contributed by atoms with E-state index < -0.39 is 5.60 Å². The topological polar surface area (TPSA) is 49.3 Å². The van der Waals surface area contributed by atoms with Gasteiger partial charge in [-0.3, -0.25) is 4.79 Å². The number of nitrogens with one attached hydrogen (secondary N) is 1. The minimum Gasteiger partial charge on any atom is -0.384 e. The maximum Gasteiger partial charge on any atom is 0.223 e. The minimum atomic E-state index is -0.968. The lowest BCUT2D eigenvalue weighted by Crippen LogP contribution is -2.41. The van der Waals surface area contributed by atoms with Crippen LogP contribution in [0.5, 0.6) is 0 Å². The van der Waals surface area contributed by atoms with E-state index in [1.807, 2.05) is 16.8 Å². The molecule has 1 unspecified atom stereocenters. The quantitative estimate of drug-likeness (QED) is 0.881. The lowest BCUT2D eigenvalue weighted by Gasteiger charge is -2.26. The fraction of sp³-hybridized carbons (Fsp3) is 0.643. The molecule has 1 aliphatic rings. The number of carbonyl (C=O) groups is 1. The lowest BCUT2D eigenvalue weighted by molar-refractivity contribution is -0.127. The second-order valence-electron chi connectivity index (χ2n) is 5.34. The Labute approximate surface area is 112 Å². The summed E-state index contributed by atoms with van der Waals surface area (Å²) < 4.78 is 0. The van der Waals surface area contributed by atoms with Gasteiger partial charge in [0.2, 0.25) is 5.91 Å². The molecule has 2 rings (SSSR count). The van der Waals surface area contributed by atoms with Crippen LogP contribution in [0.1, 0.15) is 44.6 Å². The van der Waals surface area contributed by atoms with Gasteiger partial charge in [0.1, 0.15) is 5.60 Å². The predicted molar refractivity (Wildman–Crippen MR) is 73.5 cm³/mol. The molecule has 1 aliphatic carbocycles. The van der Waals surface area contributed by atoms with Gasteiger partial charge in [0, 0.05) is 5.92 Å². The van der Waals surface area contributed by atoms with Crippen LogP contribution in [0.15, 0.2) is 16.8 Å². The van der Waals surface area contributed by atoms with Crippen LogP contribution in [0.2, 0.25) is 0 Å². The third kappa shape index (κ3) is 3.33. The molecule has 1 aromatic heterocycles. The van der Waals surface area contributed by atoms with Gasteiger partial charge < -0.3 is 10.4 Å². The largest absolute Gasteiger partial charge is 0.384 e. The van der Waals surface area contributed by atoms with E-state index in [2.05, 4.69) is 5.32 Å². The van der Waals surface area contributed by atoms with Crippen LogP contribution in [0, 0.1) is 5.92 Å². The van der Waals surface area contributed by atoms with Crippen molar-refractivity contribution in [3.63, 3.8) is 0 Å². The van der Waals surface area contributed by atoms with Crippen LogP contribution in [-0.4, -0.2) is 17.6 Å². The van der Waals surface area contributed by atoms with Crippen molar-refractivity contribution in [1.82, 2.24) is 5.32 Å². The van der Waals surface area contributed by atoms with Crippen LogP contribution in [-0.2, 0) is 10.4 Å². The van der Waals surface area contributed by atoms with Crippen molar-refractivity contribution in [2.24, 2.45) is 5.92 Å². The van der Waals surface area contributed by atoms with Crippen molar-refractivity contribution in [2.75, 3.05) is 6.54 Å². The summed E-state index contributed by atoms with van der Waals surface area (Å²) in [5, 5.41) is 17.1. The summed E-state index contributed by atoms with van der Waals surface area (Å²) in [6.07, 6.45) is 5.53. The molecule has 18 heavy (non-hydrogen) atoms. The highest BCUT2D eigenvalue weighted by atomic mass is 32.1. The molecule has 0 radical (unpaired) electrons. The van der Waals surface area contributed by atoms with Crippen LogP contribution in [0.4, 0.5) is 0 Å². The number of hydrogen-bond acceptors (Lipinski definition) is 3. The lowest BCUT2D eigenvalue weighted by atomic mass is 9.88. The van der Waals surface area contributed by atoms with Gasteiger partial charge in [-0.15, -0.1) is 0 Å². The average molecular weight is 267 g/mol. The van der Waals surface area contributed by atoms with E-state index >= 15 is 0 Å². The Balaban J connectivity index is 1.85. The molecule has 0 spiro atoms. The fourth-order valence-corrected chi connectivity index (χ4v) is 3.22. The van der Waals surface area contributed by atoms with Crippen molar-refractivity contribution in [3.05, 3.63) is 22.4 Å². The van der Waals surface area contributed by atoms with Crippen molar-refractivity contribution in [3.8, 4) is 0 Å². The van der Waals surface area contributed by atoms with Gasteiger partial charge in [-0.1, -0.05) is 19.3 Å². The first-order valence-corrected chi connectivity index (χ1v) is 7.56. The van der Waals surface area contributed by atoms with Crippen LogP contribution in [0.3, 0.4) is 0 Å². The maximum absolute atomic E-state index is 12.0.